The van der Waals surface area contributed by atoms with Crippen LogP contribution in [0.15, 0.2) is 6.33 Å². The van der Waals surface area contributed by atoms with Crippen LogP contribution in [0.2, 0.25) is 5.02 Å². The Morgan fingerprint density at radius 2 is 2.40 bits per heavy atom. The third-order valence-corrected chi connectivity index (χ3v) is 2.39. The van der Waals surface area contributed by atoms with E-state index in [1.54, 1.807) is 0 Å². The zero-order valence-electron chi connectivity index (χ0n) is 8.50. The first kappa shape index (κ1) is 11.6. The summed E-state index contributed by atoms with van der Waals surface area (Å²) in [6.07, 6.45) is 8.13. The van der Waals surface area contributed by atoms with Crippen molar-refractivity contribution in [1.29, 1.82) is 0 Å². The molecule has 0 radical (unpaired) electrons. The van der Waals surface area contributed by atoms with Crippen molar-refractivity contribution in [3.8, 4) is 12.3 Å². The Bertz CT molecular complexity index is 372. The van der Waals surface area contributed by atoms with E-state index in [4.69, 9.17) is 23.8 Å². The van der Waals surface area contributed by atoms with Crippen LogP contribution in [0.1, 0.15) is 19.8 Å². The maximum atomic E-state index is 5.93. The molecular formula is C10H13ClN4. The fourth-order valence-electron chi connectivity index (χ4n) is 1.12. The number of nitrogen functional groups attached to an aromatic ring is 1. The number of hydrogen-bond acceptors (Lipinski definition) is 4. The molecule has 1 unspecified atom stereocenters. The number of nitrogens with one attached hydrogen (secondary N) is 1. The molecule has 1 atom stereocenters. The minimum atomic E-state index is 0.154. The Hall–Kier alpha value is -1.47. The van der Waals surface area contributed by atoms with Gasteiger partial charge in [0, 0.05) is 12.5 Å². The van der Waals surface area contributed by atoms with Crippen LogP contribution in [0.4, 0.5) is 11.6 Å². The molecule has 0 saturated heterocycles. The van der Waals surface area contributed by atoms with Crippen LogP contribution in [0, 0.1) is 12.3 Å². The summed E-state index contributed by atoms with van der Waals surface area (Å²) in [6.45, 7) is 2.04. The number of hydrogen-bond donors (Lipinski definition) is 2. The van der Waals surface area contributed by atoms with E-state index in [0.717, 1.165) is 6.42 Å². The zero-order chi connectivity index (χ0) is 11.3. The van der Waals surface area contributed by atoms with Crippen LogP contribution in [-0.2, 0) is 0 Å². The summed E-state index contributed by atoms with van der Waals surface area (Å²) in [7, 11) is 0. The number of nitrogens with zero attached hydrogens (tertiary/aromatic N) is 2. The second-order valence-electron chi connectivity index (χ2n) is 3.08. The fraction of sp³-hybridized carbons (Fsp3) is 0.400. The van der Waals surface area contributed by atoms with Gasteiger partial charge in [-0.25, -0.2) is 9.97 Å². The molecule has 0 saturated carbocycles. The number of rotatable bonds is 4. The van der Waals surface area contributed by atoms with Crippen molar-refractivity contribution in [2.75, 3.05) is 11.1 Å². The molecule has 1 aromatic heterocycles. The molecule has 3 N–H and O–H groups in total. The molecule has 15 heavy (non-hydrogen) atoms. The first-order valence-electron chi connectivity index (χ1n) is 4.65. The van der Waals surface area contributed by atoms with Crippen molar-refractivity contribution in [2.45, 2.75) is 25.8 Å². The van der Waals surface area contributed by atoms with Crippen molar-refractivity contribution in [1.82, 2.24) is 9.97 Å². The quantitative estimate of drug-likeness (QED) is 0.768. The smallest absolute Gasteiger partial charge is 0.150 e. The highest BCUT2D eigenvalue weighted by Gasteiger charge is 2.10. The minimum Gasteiger partial charge on any atom is -0.382 e. The summed E-state index contributed by atoms with van der Waals surface area (Å²) in [4.78, 5) is 7.78. The molecule has 5 heteroatoms. The third-order valence-electron chi connectivity index (χ3n) is 2.01. The molecule has 1 heterocycles. The lowest BCUT2D eigenvalue weighted by atomic mass is 10.1. The van der Waals surface area contributed by atoms with Crippen LogP contribution >= 0.6 is 11.6 Å². The van der Waals surface area contributed by atoms with Gasteiger partial charge in [-0.3, -0.25) is 0 Å². The first-order valence-corrected chi connectivity index (χ1v) is 5.02. The van der Waals surface area contributed by atoms with Crippen LogP contribution in [0.25, 0.3) is 0 Å². The molecule has 0 aliphatic heterocycles. The highest BCUT2D eigenvalue weighted by atomic mass is 35.5. The van der Waals surface area contributed by atoms with E-state index in [9.17, 15) is 0 Å². The summed E-state index contributed by atoms with van der Waals surface area (Å²) >= 11 is 5.93. The standard InChI is InChI=1S/C10H13ClN4/c1-3-5-7(4-2)15-10-8(11)9(12)13-6-14-10/h1,6-7H,4-5H2,2H3,(H3,12,13,14,15). The van der Waals surface area contributed by atoms with Crippen LogP contribution in [-0.4, -0.2) is 16.0 Å². The van der Waals surface area contributed by atoms with Gasteiger partial charge in [-0.2, -0.15) is 0 Å². The van der Waals surface area contributed by atoms with Gasteiger partial charge in [-0.1, -0.05) is 18.5 Å². The van der Waals surface area contributed by atoms with Crippen molar-refractivity contribution < 1.29 is 0 Å². The number of terminal acetylenes is 1. The van der Waals surface area contributed by atoms with Gasteiger partial charge in [0.15, 0.2) is 5.82 Å². The van der Waals surface area contributed by atoms with E-state index in [0.29, 0.717) is 17.3 Å². The van der Waals surface area contributed by atoms with Crippen LogP contribution in [0.5, 0.6) is 0 Å². The Morgan fingerprint density at radius 3 is 3.00 bits per heavy atom. The van der Waals surface area contributed by atoms with Gasteiger partial charge in [-0.15, -0.1) is 12.3 Å². The van der Waals surface area contributed by atoms with E-state index in [-0.39, 0.29) is 11.9 Å². The van der Waals surface area contributed by atoms with Gasteiger partial charge in [0.05, 0.1) is 0 Å². The van der Waals surface area contributed by atoms with Gasteiger partial charge >= 0.3 is 0 Å². The predicted octanol–water partition coefficient (Wildman–Crippen LogP) is 1.93. The van der Waals surface area contributed by atoms with Gasteiger partial charge in [0.2, 0.25) is 0 Å². The Morgan fingerprint density at radius 1 is 1.67 bits per heavy atom. The molecule has 0 spiro atoms. The van der Waals surface area contributed by atoms with Crippen molar-refractivity contribution >= 4 is 23.2 Å². The Balaban J connectivity index is 2.80. The minimum absolute atomic E-state index is 0.154. The molecule has 0 aromatic carbocycles. The summed E-state index contributed by atoms with van der Waals surface area (Å²) in [6, 6.07) is 0.154. The fourth-order valence-corrected chi connectivity index (χ4v) is 1.27. The number of anilines is 2. The number of halogens is 1. The van der Waals surface area contributed by atoms with E-state index in [1.165, 1.54) is 6.33 Å². The summed E-state index contributed by atoms with van der Waals surface area (Å²) < 4.78 is 0. The summed E-state index contributed by atoms with van der Waals surface area (Å²) in [5, 5.41) is 3.47. The molecule has 1 aromatic rings. The van der Waals surface area contributed by atoms with E-state index in [2.05, 4.69) is 21.2 Å². The molecule has 1 rings (SSSR count). The lowest BCUT2D eigenvalue weighted by molar-refractivity contribution is 0.711. The van der Waals surface area contributed by atoms with E-state index >= 15 is 0 Å². The monoisotopic (exact) mass is 224 g/mol. The lowest BCUT2D eigenvalue weighted by Gasteiger charge is -2.15. The van der Waals surface area contributed by atoms with Crippen molar-refractivity contribution in [2.24, 2.45) is 0 Å². The SMILES string of the molecule is C#CCC(CC)Nc1ncnc(N)c1Cl. The van der Waals surface area contributed by atoms with Crippen LogP contribution in [0.3, 0.4) is 0 Å². The Kier molecular flexibility index (Phi) is 4.19. The van der Waals surface area contributed by atoms with Gasteiger partial charge in [0.25, 0.3) is 0 Å². The molecule has 0 aliphatic carbocycles. The lowest BCUT2D eigenvalue weighted by Crippen LogP contribution is -2.19. The van der Waals surface area contributed by atoms with E-state index in [1.807, 2.05) is 6.92 Å². The van der Waals surface area contributed by atoms with Crippen molar-refractivity contribution in [3.63, 3.8) is 0 Å². The Labute approximate surface area is 94.3 Å². The highest BCUT2D eigenvalue weighted by Crippen LogP contribution is 2.24. The van der Waals surface area contributed by atoms with Gasteiger partial charge < -0.3 is 11.1 Å². The van der Waals surface area contributed by atoms with Gasteiger partial charge in [-0.05, 0) is 6.42 Å². The molecule has 4 nitrogen and oxygen atoms in total. The molecule has 0 aliphatic rings. The summed E-state index contributed by atoms with van der Waals surface area (Å²) in [5.74, 6) is 3.39. The second kappa shape index (κ2) is 5.42. The molecule has 80 valence electrons. The average Bonchev–Trinajstić information content (AvgIpc) is 2.24. The number of aromatic nitrogens is 2. The third kappa shape index (κ3) is 3.00. The van der Waals surface area contributed by atoms with Gasteiger partial charge in [0.1, 0.15) is 17.2 Å². The number of nitrogens with two attached hydrogens (primary N) is 1. The molecule has 0 bridgehead atoms. The highest BCUT2D eigenvalue weighted by molar-refractivity contribution is 6.35. The zero-order valence-corrected chi connectivity index (χ0v) is 9.25. The average molecular weight is 225 g/mol. The first-order chi connectivity index (χ1) is 7.19. The maximum Gasteiger partial charge on any atom is 0.150 e. The molecule has 0 fully saturated rings. The molecular weight excluding hydrogens is 212 g/mol. The maximum absolute atomic E-state index is 5.93. The second-order valence-corrected chi connectivity index (χ2v) is 3.46. The normalized spacial score (nSPS) is 11.8. The van der Waals surface area contributed by atoms with E-state index < -0.39 is 0 Å². The van der Waals surface area contributed by atoms with Crippen LogP contribution < -0.4 is 11.1 Å². The topological polar surface area (TPSA) is 63.8 Å². The molecule has 0 amide bonds. The predicted molar refractivity (Wildman–Crippen MR) is 62.6 cm³/mol. The van der Waals surface area contributed by atoms with Crippen molar-refractivity contribution in [3.05, 3.63) is 11.3 Å². The summed E-state index contributed by atoms with van der Waals surface area (Å²) in [5.41, 5.74) is 5.55. The largest absolute Gasteiger partial charge is 0.382 e.